The number of carbonyl (C=O) groups is 2. The Bertz CT molecular complexity index is 735. The number of nitrogens with one attached hydrogen (secondary N) is 1. The maximum absolute atomic E-state index is 12.6. The summed E-state index contributed by atoms with van der Waals surface area (Å²) >= 11 is 0. The highest BCUT2D eigenvalue weighted by molar-refractivity contribution is 6.00. The van der Waals surface area contributed by atoms with E-state index in [-0.39, 0.29) is 11.6 Å². The Labute approximate surface area is 128 Å². The number of aromatic nitrogens is 1. The minimum atomic E-state index is -1.00. The van der Waals surface area contributed by atoms with Crippen LogP contribution in [0.5, 0.6) is 0 Å². The van der Waals surface area contributed by atoms with Crippen LogP contribution in [0, 0.1) is 0 Å². The van der Waals surface area contributed by atoms with Crippen LogP contribution in [0.2, 0.25) is 0 Å². The van der Waals surface area contributed by atoms with E-state index in [1.54, 1.807) is 24.3 Å². The first-order chi connectivity index (χ1) is 10.5. The Balaban J connectivity index is 1.84. The van der Waals surface area contributed by atoms with Gasteiger partial charge in [-0.2, -0.15) is 0 Å². The summed E-state index contributed by atoms with van der Waals surface area (Å²) in [6.45, 7) is 1.49. The Morgan fingerprint density at radius 1 is 1.32 bits per heavy atom. The Morgan fingerprint density at radius 3 is 2.73 bits per heavy atom. The van der Waals surface area contributed by atoms with Crippen molar-refractivity contribution >= 4 is 22.8 Å². The number of carbonyl (C=O) groups excluding carboxylic acids is 1. The number of nitrogens with zero attached hydrogens (tertiary/aromatic N) is 2. The third-order valence-corrected chi connectivity index (χ3v) is 4.28. The number of hydrogen-bond acceptors (Lipinski definition) is 3. The van der Waals surface area contributed by atoms with E-state index < -0.39 is 5.97 Å². The summed E-state index contributed by atoms with van der Waals surface area (Å²) in [6, 6.07) is 7.22. The van der Waals surface area contributed by atoms with Crippen molar-refractivity contribution in [1.29, 1.82) is 0 Å². The first kappa shape index (κ1) is 14.6. The molecule has 1 saturated heterocycles. The molecular formula is C16H19N3O3. The molecule has 0 radical (unpaired) electrons. The number of amides is 1. The summed E-state index contributed by atoms with van der Waals surface area (Å²) in [6.07, 6.45) is 0.980. The van der Waals surface area contributed by atoms with Crippen LogP contribution in [-0.2, 0) is 0 Å². The van der Waals surface area contributed by atoms with Crippen molar-refractivity contribution in [2.75, 3.05) is 27.2 Å². The molecule has 1 unspecified atom stereocenters. The van der Waals surface area contributed by atoms with Gasteiger partial charge in [0.2, 0.25) is 0 Å². The number of H-pyrrole nitrogens is 1. The van der Waals surface area contributed by atoms with Gasteiger partial charge in [-0.3, -0.25) is 4.79 Å². The van der Waals surface area contributed by atoms with Crippen LogP contribution in [0.4, 0.5) is 0 Å². The molecule has 1 aliphatic rings. The second-order valence-electron chi connectivity index (χ2n) is 5.95. The highest BCUT2D eigenvalue weighted by Crippen LogP contribution is 2.21. The number of rotatable bonds is 3. The van der Waals surface area contributed by atoms with Crippen LogP contribution in [0.15, 0.2) is 24.3 Å². The van der Waals surface area contributed by atoms with Crippen LogP contribution >= 0.6 is 0 Å². The number of carboxylic acid groups (broad SMARTS) is 1. The van der Waals surface area contributed by atoms with E-state index in [0.717, 1.165) is 30.4 Å². The zero-order valence-electron chi connectivity index (χ0n) is 12.7. The number of hydrogen-bond donors (Lipinski definition) is 2. The van der Waals surface area contributed by atoms with Crippen LogP contribution in [-0.4, -0.2) is 65.0 Å². The molecule has 1 atom stereocenters. The summed E-state index contributed by atoms with van der Waals surface area (Å²) in [4.78, 5) is 30.4. The molecular weight excluding hydrogens is 282 g/mol. The van der Waals surface area contributed by atoms with Crippen molar-refractivity contribution in [2.45, 2.75) is 12.5 Å². The molecule has 1 amide bonds. The highest BCUT2D eigenvalue weighted by atomic mass is 16.4. The van der Waals surface area contributed by atoms with E-state index in [1.165, 1.54) is 0 Å². The number of likely N-dealkylation sites (tertiary alicyclic amines) is 1. The van der Waals surface area contributed by atoms with E-state index >= 15 is 0 Å². The molecule has 0 bridgehead atoms. The molecule has 1 aromatic carbocycles. The van der Waals surface area contributed by atoms with Gasteiger partial charge >= 0.3 is 5.97 Å². The average Bonchev–Trinajstić information content (AvgIpc) is 3.12. The van der Waals surface area contributed by atoms with Crippen LogP contribution in [0.1, 0.15) is 27.3 Å². The molecule has 3 rings (SSSR count). The van der Waals surface area contributed by atoms with E-state index in [1.807, 2.05) is 19.0 Å². The second-order valence-corrected chi connectivity index (χ2v) is 5.95. The molecule has 1 fully saturated rings. The molecule has 2 aromatic rings. The van der Waals surface area contributed by atoms with Crippen LogP contribution in [0.3, 0.4) is 0 Å². The van der Waals surface area contributed by atoms with Crippen molar-refractivity contribution < 1.29 is 14.7 Å². The number of carboxylic acids is 1. The Hall–Kier alpha value is -2.34. The second kappa shape index (κ2) is 5.46. The summed E-state index contributed by atoms with van der Waals surface area (Å²) in [5.41, 5.74) is 1.46. The SMILES string of the molecule is CN(C)C1CCN(C(=O)c2ccc3[nH]c(C(=O)O)cc3c2)C1. The lowest BCUT2D eigenvalue weighted by molar-refractivity contribution is 0.0690. The summed E-state index contributed by atoms with van der Waals surface area (Å²) in [5.74, 6) is -0.998. The van der Waals surface area contributed by atoms with Gasteiger partial charge in [-0.1, -0.05) is 0 Å². The number of aromatic carboxylic acids is 1. The lowest BCUT2D eigenvalue weighted by Crippen LogP contribution is -2.34. The minimum absolute atomic E-state index is 0.00400. The summed E-state index contributed by atoms with van der Waals surface area (Å²) in [5, 5.41) is 9.75. The van der Waals surface area contributed by atoms with Gasteiger partial charge in [0.15, 0.2) is 0 Å². The molecule has 22 heavy (non-hydrogen) atoms. The molecule has 0 saturated carbocycles. The largest absolute Gasteiger partial charge is 0.477 e. The van der Waals surface area contributed by atoms with Crippen LogP contribution < -0.4 is 0 Å². The lowest BCUT2D eigenvalue weighted by Gasteiger charge is -2.20. The third kappa shape index (κ3) is 2.57. The zero-order valence-corrected chi connectivity index (χ0v) is 12.7. The number of likely N-dealkylation sites (N-methyl/N-ethyl adjacent to an activating group) is 1. The van der Waals surface area contributed by atoms with Crippen molar-refractivity contribution in [1.82, 2.24) is 14.8 Å². The Morgan fingerprint density at radius 2 is 2.09 bits per heavy atom. The molecule has 1 aliphatic heterocycles. The molecule has 0 spiro atoms. The lowest BCUT2D eigenvalue weighted by atomic mass is 10.1. The predicted octanol–water partition coefficient (Wildman–Crippen LogP) is 1.64. The molecule has 116 valence electrons. The fourth-order valence-corrected chi connectivity index (χ4v) is 2.91. The van der Waals surface area contributed by atoms with E-state index in [2.05, 4.69) is 9.88 Å². The summed E-state index contributed by atoms with van der Waals surface area (Å²) < 4.78 is 0. The molecule has 2 heterocycles. The standard InChI is InChI=1S/C16H19N3O3/c1-18(2)12-5-6-19(9-12)15(20)10-3-4-13-11(7-10)8-14(17-13)16(21)22/h3-4,7-8,12,17H,5-6,9H2,1-2H3,(H,21,22). The molecule has 1 aromatic heterocycles. The number of benzene rings is 1. The quantitative estimate of drug-likeness (QED) is 0.903. The summed E-state index contributed by atoms with van der Waals surface area (Å²) in [7, 11) is 4.05. The molecule has 6 heteroatoms. The maximum atomic E-state index is 12.6. The van der Waals surface area contributed by atoms with Gasteiger partial charge in [0, 0.05) is 35.6 Å². The number of aromatic amines is 1. The van der Waals surface area contributed by atoms with Crippen molar-refractivity contribution in [3.05, 3.63) is 35.5 Å². The van der Waals surface area contributed by atoms with Crippen LogP contribution in [0.25, 0.3) is 10.9 Å². The number of fused-ring (bicyclic) bond motifs is 1. The topological polar surface area (TPSA) is 76.6 Å². The third-order valence-electron chi connectivity index (χ3n) is 4.28. The van der Waals surface area contributed by atoms with Gasteiger partial charge in [-0.15, -0.1) is 0 Å². The van der Waals surface area contributed by atoms with Crippen molar-refractivity contribution in [2.24, 2.45) is 0 Å². The first-order valence-corrected chi connectivity index (χ1v) is 7.27. The van der Waals surface area contributed by atoms with E-state index in [4.69, 9.17) is 5.11 Å². The smallest absolute Gasteiger partial charge is 0.352 e. The van der Waals surface area contributed by atoms with Gasteiger partial charge in [-0.05, 0) is 44.8 Å². The Kier molecular flexibility index (Phi) is 3.62. The normalized spacial score (nSPS) is 18.3. The monoisotopic (exact) mass is 301 g/mol. The highest BCUT2D eigenvalue weighted by Gasteiger charge is 2.28. The van der Waals surface area contributed by atoms with Crippen molar-refractivity contribution in [3.63, 3.8) is 0 Å². The molecule has 6 nitrogen and oxygen atoms in total. The minimum Gasteiger partial charge on any atom is -0.477 e. The van der Waals surface area contributed by atoms with Gasteiger partial charge < -0.3 is 19.9 Å². The van der Waals surface area contributed by atoms with Gasteiger partial charge in [-0.25, -0.2) is 4.79 Å². The van der Waals surface area contributed by atoms with Gasteiger partial charge in [0.1, 0.15) is 5.69 Å². The van der Waals surface area contributed by atoms with E-state index in [0.29, 0.717) is 11.6 Å². The molecule has 0 aliphatic carbocycles. The predicted molar refractivity (Wildman–Crippen MR) is 83.3 cm³/mol. The van der Waals surface area contributed by atoms with Gasteiger partial charge in [0.25, 0.3) is 5.91 Å². The van der Waals surface area contributed by atoms with Crippen molar-refractivity contribution in [3.8, 4) is 0 Å². The van der Waals surface area contributed by atoms with E-state index in [9.17, 15) is 9.59 Å². The first-order valence-electron chi connectivity index (χ1n) is 7.27. The maximum Gasteiger partial charge on any atom is 0.352 e. The zero-order chi connectivity index (χ0) is 15.9. The van der Waals surface area contributed by atoms with Gasteiger partial charge in [0.05, 0.1) is 0 Å². The molecule has 2 N–H and O–H groups in total. The fraction of sp³-hybridized carbons (Fsp3) is 0.375. The fourth-order valence-electron chi connectivity index (χ4n) is 2.91. The average molecular weight is 301 g/mol.